The highest BCUT2D eigenvalue weighted by Crippen LogP contribution is 2.26. The molecule has 2 fully saturated rings. The van der Waals surface area contributed by atoms with E-state index in [4.69, 9.17) is 0 Å². The van der Waals surface area contributed by atoms with Gasteiger partial charge >= 0.3 is 0 Å². The average Bonchev–Trinajstić information content (AvgIpc) is 3.05. The molecule has 3 amide bonds. The standard InChI is InChI=1S/C21H28BrN3O3/c1-21(2,3)25-13-15(12-18(25)26)19(27)23-17-8-10-24(11-9-17)20(28)14-4-6-16(22)7-5-14/h4-7,15,17H,8-13H2,1-3H3,(H,23,27). The highest BCUT2D eigenvalue weighted by molar-refractivity contribution is 9.10. The smallest absolute Gasteiger partial charge is 0.253 e. The highest BCUT2D eigenvalue weighted by Gasteiger charge is 2.40. The number of carbonyl (C=O) groups excluding carboxylic acids is 3. The average molecular weight is 450 g/mol. The van der Waals surface area contributed by atoms with E-state index < -0.39 is 0 Å². The van der Waals surface area contributed by atoms with Crippen molar-refractivity contribution in [2.75, 3.05) is 19.6 Å². The molecule has 28 heavy (non-hydrogen) atoms. The van der Waals surface area contributed by atoms with E-state index in [1.54, 1.807) is 4.90 Å². The Hall–Kier alpha value is -1.89. The van der Waals surface area contributed by atoms with Crippen molar-refractivity contribution in [1.29, 1.82) is 0 Å². The van der Waals surface area contributed by atoms with E-state index in [0.717, 1.165) is 17.3 Å². The first-order valence-corrected chi connectivity index (χ1v) is 10.6. The molecule has 6 nitrogen and oxygen atoms in total. The maximum atomic E-state index is 12.6. The van der Waals surface area contributed by atoms with Gasteiger partial charge in [0, 0.05) is 47.7 Å². The first-order valence-electron chi connectivity index (χ1n) is 9.81. The van der Waals surface area contributed by atoms with Crippen LogP contribution in [0.2, 0.25) is 0 Å². The Labute approximate surface area is 174 Å². The lowest BCUT2D eigenvalue weighted by molar-refractivity contribution is -0.132. The molecule has 0 saturated carbocycles. The number of rotatable bonds is 3. The quantitative estimate of drug-likeness (QED) is 0.770. The molecule has 2 saturated heterocycles. The fraction of sp³-hybridized carbons (Fsp3) is 0.571. The van der Waals surface area contributed by atoms with Crippen LogP contribution in [0, 0.1) is 5.92 Å². The SMILES string of the molecule is CC(C)(C)N1CC(C(=O)NC2CCN(C(=O)c3ccc(Br)cc3)CC2)CC1=O. The van der Waals surface area contributed by atoms with Crippen LogP contribution in [0.5, 0.6) is 0 Å². The van der Waals surface area contributed by atoms with E-state index in [-0.39, 0.29) is 41.6 Å². The lowest BCUT2D eigenvalue weighted by Gasteiger charge is -2.33. The Morgan fingerprint density at radius 2 is 1.71 bits per heavy atom. The lowest BCUT2D eigenvalue weighted by atomic mass is 10.0. The molecule has 0 radical (unpaired) electrons. The molecule has 1 N–H and O–H groups in total. The summed E-state index contributed by atoms with van der Waals surface area (Å²) < 4.78 is 0.945. The fourth-order valence-electron chi connectivity index (χ4n) is 3.85. The number of likely N-dealkylation sites (tertiary alicyclic amines) is 2. The molecule has 1 aromatic carbocycles. The van der Waals surface area contributed by atoms with Gasteiger partial charge in [-0.05, 0) is 57.9 Å². The topological polar surface area (TPSA) is 69.7 Å². The van der Waals surface area contributed by atoms with Gasteiger partial charge < -0.3 is 15.1 Å². The summed E-state index contributed by atoms with van der Waals surface area (Å²) in [5.74, 6) is -0.256. The molecule has 2 aliphatic heterocycles. The lowest BCUT2D eigenvalue weighted by Crippen LogP contribution is -2.48. The van der Waals surface area contributed by atoms with Crippen molar-refractivity contribution < 1.29 is 14.4 Å². The van der Waals surface area contributed by atoms with Crippen molar-refractivity contribution in [3.8, 4) is 0 Å². The minimum absolute atomic E-state index is 0.0273. The van der Waals surface area contributed by atoms with Gasteiger partial charge in [0.25, 0.3) is 5.91 Å². The van der Waals surface area contributed by atoms with E-state index in [9.17, 15) is 14.4 Å². The summed E-state index contributed by atoms with van der Waals surface area (Å²) in [6.45, 7) is 7.69. The number of carbonyl (C=O) groups is 3. The van der Waals surface area contributed by atoms with Gasteiger partial charge in [-0.25, -0.2) is 0 Å². The number of hydrogen-bond acceptors (Lipinski definition) is 3. The van der Waals surface area contributed by atoms with E-state index >= 15 is 0 Å². The zero-order valence-corrected chi connectivity index (χ0v) is 18.3. The third kappa shape index (κ3) is 4.74. The molecule has 2 aliphatic rings. The molecular formula is C21H28BrN3O3. The molecule has 1 atom stereocenters. The molecule has 1 unspecified atom stereocenters. The van der Waals surface area contributed by atoms with Crippen LogP contribution in [0.1, 0.15) is 50.4 Å². The number of hydrogen-bond donors (Lipinski definition) is 1. The van der Waals surface area contributed by atoms with E-state index in [0.29, 0.717) is 25.2 Å². The van der Waals surface area contributed by atoms with Crippen LogP contribution in [-0.4, -0.2) is 58.7 Å². The van der Waals surface area contributed by atoms with Crippen LogP contribution < -0.4 is 5.32 Å². The van der Waals surface area contributed by atoms with E-state index in [2.05, 4.69) is 21.2 Å². The minimum atomic E-state index is -0.283. The van der Waals surface area contributed by atoms with Crippen molar-refractivity contribution in [2.45, 2.75) is 51.6 Å². The molecule has 0 aliphatic carbocycles. The summed E-state index contributed by atoms with van der Waals surface area (Å²) >= 11 is 3.38. The van der Waals surface area contributed by atoms with Crippen LogP contribution in [0.15, 0.2) is 28.7 Å². The number of nitrogens with zero attached hydrogens (tertiary/aromatic N) is 2. The fourth-order valence-corrected chi connectivity index (χ4v) is 4.12. The van der Waals surface area contributed by atoms with Crippen molar-refractivity contribution in [2.24, 2.45) is 5.92 Å². The number of benzene rings is 1. The number of nitrogens with one attached hydrogen (secondary N) is 1. The molecule has 1 aromatic rings. The van der Waals surface area contributed by atoms with Gasteiger partial charge in [0.15, 0.2) is 0 Å². The zero-order chi connectivity index (χ0) is 20.5. The van der Waals surface area contributed by atoms with Crippen LogP contribution in [0.4, 0.5) is 0 Å². The van der Waals surface area contributed by atoms with E-state index in [1.165, 1.54) is 0 Å². The molecule has 0 aromatic heterocycles. The maximum absolute atomic E-state index is 12.6. The minimum Gasteiger partial charge on any atom is -0.353 e. The van der Waals surface area contributed by atoms with Gasteiger partial charge in [0.1, 0.15) is 0 Å². The Kier molecular flexibility index (Phi) is 6.12. The van der Waals surface area contributed by atoms with Crippen molar-refractivity contribution in [3.05, 3.63) is 34.3 Å². The predicted octanol–water partition coefficient (Wildman–Crippen LogP) is 2.82. The van der Waals surface area contributed by atoms with Crippen LogP contribution >= 0.6 is 15.9 Å². The number of amides is 3. The van der Waals surface area contributed by atoms with Gasteiger partial charge in [-0.2, -0.15) is 0 Å². The predicted molar refractivity (Wildman–Crippen MR) is 111 cm³/mol. The monoisotopic (exact) mass is 449 g/mol. The summed E-state index contributed by atoms with van der Waals surface area (Å²) in [4.78, 5) is 41.0. The molecular weight excluding hydrogens is 422 g/mol. The summed E-state index contributed by atoms with van der Waals surface area (Å²) in [6, 6.07) is 7.42. The summed E-state index contributed by atoms with van der Waals surface area (Å²) in [5, 5.41) is 3.10. The van der Waals surface area contributed by atoms with Crippen molar-refractivity contribution in [1.82, 2.24) is 15.1 Å². The summed E-state index contributed by atoms with van der Waals surface area (Å²) in [5.41, 5.74) is 0.419. The second kappa shape index (κ2) is 8.23. The maximum Gasteiger partial charge on any atom is 0.253 e. The Bertz CT molecular complexity index is 749. The molecule has 7 heteroatoms. The van der Waals surface area contributed by atoms with Gasteiger partial charge in [0.05, 0.1) is 5.92 Å². The molecule has 0 spiro atoms. The summed E-state index contributed by atoms with van der Waals surface area (Å²) in [6.07, 6.45) is 1.75. The third-order valence-corrected chi connectivity index (χ3v) is 6.05. The third-order valence-electron chi connectivity index (χ3n) is 5.53. The second-order valence-electron chi connectivity index (χ2n) is 8.66. The summed E-state index contributed by atoms with van der Waals surface area (Å²) in [7, 11) is 0. The number of piperidine rings is 1. The van der Waals surface area contributed by atoms with Crippen LogP contribution in [-0.2, 0) is 9.59 Å². The van der Waals surface area contributed by atoms with Crippen LogP contribution in [0.3, 0.4) is 0 Å². The zero-order valence-electron chi connectivity index (χ0n) is 16.7. The van der Waals surface area contributed by atoms with Gasteiger partial charge in [-0.1, -0.05) is 15.9 Å². The molecule has 152 valence electrons. The van der Waals surface area contributed by atoms with Crippen LogP contribution in [0.25, 0.3) is 0 Å². The number of halogens is 1. The first-order chi connectivity index (χ1) is 13.1. The Morgan fingerprint density at radius 1 is 1.11 bits per heavy atom. The Balaban J connectivity index is 1.49. The highest BCUT2D eigenvalue weighted by atomic mass is 79.9. The molecule has 0 bridgehead atoms. The second-order valence-corrected chi connectivity index (χ2v) is 9.57. The Morgan fingerprint density at radius 3 is 2.25 bits per heavy atom. The van der Waals surface area contributed by atoms with Gasteiger partial charge in [0.2, 0.25) is 11.8 Å². The van der Waals surface area contributed by atoms with Crippen molar-refractivity contribution >= 4 is 33.7 Å². The van der Waals surface area contributed by atoms with Gasteiger partial charge in [-0.3, -0.25) is 14.4 Å². The molecule has 3 rings (SSSR count). The van der Waals surface area contributed by atoms with E-state index in [1.807, 2.05) is 49.9 Å². The van der Waals surface area contributed by atoms with Gasteiger partial charge in [-0.15, -0.1) is 0 Å². The van der Waals surface area contributed by atoms with Crippen molar-refractivity contribution in [3.63, 3.8) is 0 Å². The normalized spacial score (nSPS) is 21.1. The first kappa shape index (κ1) is 20.8. The largest absolute Gasteiger partial charge is 0.353 e. The molecule has 2 heterocycles.